The Morgan fingerprint density at radius 2 is 2.00 bits per heavy atom. The summed E-state index contributed by atoms with van der Waals surface area (Å²) in [6.07, 6.45) is 4.37. The summed E-state index contributed by atoms with van der Waals surface area (Å²) in [4.78, 5) is 11.0. The number of carbonyl (C=O) groups excluding carboxylic acids is 1. The molecule has 0 aliphatic carbocycles. The highest BCUT2D eigenvalue weighted by molar-refractivity contribution is 5.96. The van der Waals surface area contributed by atoms with Crippen molar-refractivity contribution in [3.05, 3.63) is 36.2 Å². The second kappa shape index (κ2) is 5.01. The van der Waals surface area contributed by atoms with E-state index < -0.39 is 0 Å². The average molecular weight is 167 g/mol. The molecule has 0 spiro atoms. The van der Waals surface area contributed by atoms with Crippen molar-refractivity contribution in [2.24, 2.45) is 11.5 Å². The topological polar surface area (TPSA) is 81.1 Å². The minimum absolute atomic E-state index is 0.151. The van der Waals surface area contributed by atoms with Crippen LogP contribution in [0.4, 0.5) is 0 Å². The van der Waals surface area contributed by atoms with E-state index in [-0.39, 0.29) is 11.7 Å². The van der Waals surface area contributed by atoms with Crippen LogP contribution in [0.15, 0.2) is 36.2 Å². The zero-order chi connectivity index (χ0) is 9.56. The van der Waals surface area contributed by atoms with E-state index >= 15 is 0 Å². The summed E-state index contributed by atoms with van der Waals surface area (Å²) < 4.78 is 0. The molecule has 0 bridgehead atoms. The third kappa shape index (κ3) is 3.46. The fraction of sp³-hybridized carbons (Fsp3) is 0.125. The van der Waals surface area contributed by atoms with Crippen molar-refractivity contribution in [2.75, 3.05) is 7.05 Å². The second-order valence-electron chi connectivity index (χ2n) is 2.07. The molecule has 5 N–H and O–H groups in total. The van der Waals surface area contributed by atoms with Crippen molar-refractivity contribution in [1.82, 2.24) is 5.32 Å². The molecule has 0 unspecified atom stereocenters. The van der Waals surface area contributed by atoms with E-state index in [4.69, 9.17) is 11.5 Å². The molecule has 0 aromatic rings. The first-order valence-corrected chi connectivity index (χ1v) is 3.39. The third-order valence-corrected chi connectivity index (χ3v) is 1.16. The summed E-state index contributed by atoms with van der Waals surface area (Å²) in [6.45, 7) is 3.47. The highest BCUT2D eigenvalue weighted by atomic mass is 16.1. The number of nitrogens with two attached hydrogens (primary N) is 2. The van der Waals surface area contributed by atoms with E-state index in [9.17, 15) is 4.79 Å². The molecular weight excluding hydrogens is 154 g/mol. The van der Waals surface area contributed by atoms with Crippen LogP contribution in [0.3, 0.4) is 0 Å². The molecule has 0 fully saturated rings. The van der Waals surface area contributed by atoms with Crippen molar-refractivity contribution >= 4 is 5.91 Å². The lowest BCUT2D eigenvalue weighted by Gasteiger charge is -1.97. The fourth-order valence-corrected chi connectivity index (χ4v) is 0.567. The highest BCUT2D eigenvalue weighted by Crippen LogP contribution is 1.95. The Bertz CT molecular complexity index is 237. The fourth-order valence-electron chi connectivity index (χ4n) is 0.567. The van der Waals surface area contributed by atoms with E-state index in [0.717, 1.165) is 0 Å². The van der Waals surface area contributed by atoms with Gasteiger partial charge < -0.3 is 16.8 Å². The molecule has 0 aliphatic rings. The first-order chi connectivity index (χ1) is 5.61. The Balaban J connectivity index is 4.55. The monoisotopic (exact) mass is 167 g/mol. The number of allylic oxidation sites excluding steroid dienone is 2. The van der Waals surface area contributed by atoms with Gasteiger partial charge in [0.15, 0.2) is 0 Å². The zero-order valence-corrected chi connectivity index (χ0v) is 7.00. The van der Waals surface area contributed by atoms with Crippen LogP contribution in [0.25, 0.3) is 0 Å². The molecule has 0 radical (unpaired) electrons. The van der Waals surface area contributed by atoms with Crippen LogP contribution in [0.1, 0.15) is 0 Å². The molecule has 0 saturated heterocycles. The summed E-state index contributed by atoms with van der Waals surface area (Å²) >= 11 is 0. The van der Waals surface area contributed by atoms with Gasteiger partial charge in [0.05, 0.1) is 5.82 Å². The van der Waals surface area contributed by atoms with Crippen molar-refractivity contribution < 1.29 is 4.79 Å². The van der Waals surface area contributed by atoms with Crippen molar-refractivity contribution in [1.29, 1.82) is 0 Å². The summed E-state index contributed by atoms with van der Waals surface area (Å²) in [7, 11) is 1.54. The van der Waals surface area contributed by atoms with E-state index in [0.29, 0.717) is 5.57 Å². The lowest BCUT2D eigenvalue weighted by Crippen LogP contribution is -2.19. The maximum atomic E-state index is 11.0. The van der Waals surface area contributed by atoms with E-state index in [1.807, 2.05) is 0 Å². The normalized spacial score (nSPS) is 10.2. The molecule has 4 heteroatoms. The van der Waals surface area contributed by atoms with Gasteiger partial charge in [-0.3, -0.25) is 4.79 Å². The molecule has 4 nitrogen and oxygen atoms in total. The van der Waals surface area contributed by atoms with Gasteiger partial charge in [-0.15, -0.1) is 0 Å². The van der Waals surface area contributed by atoms with Gasteiger partial charge in [0, 0.05) is 12.6 Å². The molecular formula is C8H13N3O. The van der Waals surface area contributed by atoms with Gasteiger partial charge >= 0.3 is 0 Å². The van der Waals surface area contributed by atoms with Crippen molar-refractivity contribution in [2.45, 2.75) is 0 Å². The Labute approximate surface area is 71.6 Å². The first kappa shape index (κ1) is 10.3. The highest BCUT2D eigenvalue weighted by Gasteiger charge is 1.99. The lowest BCUT2D eigenvalue weighted by molar-refractivity contribution is -0.116. The maximum absolute atomic E-state index is 11.0. The molecule has 0 aromatic carbocycles. The van der Waals surface area contributed by atoms with Gasteiger partial charge in [-0.05, 0) is 12.2 Å². The Kier molecular flexibility index (Phi) is 4.30. The minimum atomic E-state index is -0.220. The lowest BCUT2D eigenvalue weighted by atomic mass is 10.2. The van der Waals surface area contributed by atoms with Crippen molar-refractivity contribution in [3.63, 3.8) is 0 Å². The average Bonchev–Trinajstić information content (AvgIpc) is 2.04. The molecule has 12 heavy (non-hydrogen) atoms. The Morgan fingerprint density at radius 1 is 1.42 bits per heavy atom. The van der Waals surface area contributed by atoms with Crippen molar-refractivity contribution in [3.8, 4) is 0 Å². The molecule has 0 saturated carbocycles. The third-order valence-electron chi connectivity index (χ3n) is 1.16. The van der Waals surface area contributed by atoms with Crippen LogP contribution in [-0.4, -0.2) is 13.0 Å². The Morgan fingerprint density at radius 3 is 2.33 bits per heavy atom. The van der Waals surface area contributed by atoms with Gasteiger partial charge in [-0.1, -0.05) is 12.7 Å². The standard InChI is InChI=1S/C8H13N3O/c1-3-6(8(12)11-2)4-5-7(9)10/h3-5H,1,9-10H2,2H3,(H,11,12)/b6-4+. The predicted octanol–water partition coefficient (Wildman–Crippen LogP) is -0.396. The number of hydrogen-bond donors (Lipinski definition) is 3. The summed E-state index contributed by atoms with van der Waals surface area (Å²) in [5, 5.41) is 2.45. The van der Waals surface area contributed by atoms with Crippen LogP contribution in [0.5, 0.6) is 0 Å². The van der Waals surface area contributed by atoms with Gasteiger partial charge in [-0.25, -0.2) is 0 Å². The molecule has 0 heterocycles. The number of nitrogens with one attached hydrogen (secondary N) is 1. The molecule has 0 aliphatic heterocycles. The van der Waals surface area contributed by atoms with Crippen LogP contribution in [0, 0.1) is 0 Å². The smallest absolute Gasteiger partial charge is 0.251 e. The van der Waals surface area contributed by atoms with Crippen LogP contribution in [-0.2, 0) is 4.79 Å². The zero-order valence-electron chi connectivity index (χ0n) is 7.00. The van der Waals surface area contributed by atoms with E-state index in [1.165, 1.54) is 25.3 Å². The summed E-state index contributed by atoms with van der Waals surface area (Å²) in [5.41, 5.74) is 10.8. The molecule has 0 rings (SSSR count). The maximum Gasteiger partial charge on any atom is 0.251 e. The minimum Gasteiger partial charge on any atom is -0.386 e. The quantitative estimate of drug-likeness (QED) is 0.395. The van der Waals surface area contributed by atoms with Gasteiger partial charge in [0.25, 0.3) is 5.91 Å². The van der Waals surface area contributed by atoms with E-state index in [2.05, 4.69) is 11.9 Å². The predicted molar refractivity (Wildman–Crippen MR) is 48.8 cm³/mol. The van der Waals surface area contributed by atoms with Gasteiger partial charge in [-0.2, -0.15) is 0 Å². The molecule has 66 valence electrons. The summed E-state index contributed by atoms with van der Waals surface area (Å²) in [6, 6.07) is 0. The number of rotatable bonds is 3. The second-order valence-corrected chi connectivity index (χ2v) is 2.07. The molecule has 0 atom stereocenters. The number of amides is 1. The van der Waals surface area contributed by atoms with Crippen LogP contribution >= 0.6 is 0 Å². The molecule has 1 amide bonds. The van der Waals surface area contributed by atoms with Gasteiger partial charge in [0.1, 0.15) is 0 Å². The van der Waals surface area contributed by atoms with E-state index in [1.54, 1.807) is 0 Å². The summed E-state index contributed by atoms with van der Waals surface area (Å²) in [5.74, 6) is -0.0687. The number of likely N-dealkylation sites (N-methyl/N-ethyl adjacent to an activating group) is 1. The van der Waals surface area contributed by atoms with Gasteiger partial charge in [0.2, 0.25) is 0 Å². The number of carbonyl (C=O) groups is 1. The largest absolute Gasteiger partial charge is 0.386 e. The SMILES string of the molecule is C=C/C(=C\C=C(N)N)C(=O)NC. The van der Waals surface area contributed by atoms with Crippen LogP contribution < -0.4 is 16.8 Å². The number of hydrogen-bond acceptors (Lipinski definition) is 3. The Hall–Kier alpha value is -1.71. The first-order valence-electron chi connectivity index (χ1n) is 3.39. The molecule has 0 aromatic heterocycles. The van der Waals surface area contributed by atoms with Crippen LogP contribution in [0.2, 0.25) is 0 Å².